The summed E-state index contributed by atoms with van der Waals surface area (Å²) in [7, 11) is 0. The molecular formula is C15H29N. The van der Waals surface area contributed by atoms with Crippen LogP contribution in [0.3, 0.4) is 0 Å². The normalized spacial score (nSPS) is 38.1. The minimum absolute atomic E-state index is 0.643. The average molecular weight is 223 g/mol. The van der Waals surface area contributed by atoms with Crippen LogP contribution in [-0.2, 0) is 0 Å². The van der Waals surface area contributed by atoms with Crippen molar-refractivity contribution >= 4 is 0 Å². The van der Waals surface area contributed by atoms with Gasteiger partial charge in [0, 0.05) is 6.04 Å². The molecule has 1 heteroatoms. The second-order valence-corrected chi connectivity index (χ2v) is 6.78. The highest BCUT2D eigenvalue weighted by atomic mass is 14.9. The first kappa shape index (κ1) is 12.4. The van der Waals surface area contributed by atoms with Crippen LogP contribution >= 0.6 is 0 Å². The van der Waals surface area contributed by atoms with Gasteiger partial charge in [-0.15, -0.1) is 0 Å². The van der Waals surface area contributed by atoms with Gasteiger partial charge in [-0.1, -0.05) is 40.0 Å². The summed E-state index contributed by atoms with van der Waals surface area (Å²) < 4.78 is 0. The van der Waals surface area contributed by atoms with Gasteiger partial charge in [0.05, 0.1) is 0 Å². The van der Waals surface area contributed by atoms with Crippen molar-refractivity contribution in [3.63, 3.8) is 0 Å². The van der Waals surface area contributed by atoms with E-state index in [-0.39, 0.29) is 0 Å². The summed E-state index contributed by atoms with van der Waals surface area (Å²) in [6.45, 7) is 8.43. The van der Waals surface area contributed by atoms with Gasteiger partial charge in [-0.05, 0) is 49.5 Å². The molecule has 0 radical (unpaired) electrons. The summed E-state index contributed by atoms with van der Waals surface area (Å²) >= 11 is 0. The number of nitrogens with one attached hydrogen (secondary N) is 1. The fourth-order valence-corrected chi connectivity index (χ4v) is 3.22. The predicted molar refractivity (Wildman–Crippen MR) is 70.5 cm³/mol. The minimum atomic E-state index is 0.643. The summed E-state index contributed by atoms with van der Waals surface area (Å²) in [4.78, 5) is 0. The van der Waals surface area contributed by atoms with Gasteiger partial charge in [0.15, 0.2) is 0 Å². The van der Waals surface area contributed by atoms with Crippen molar-refractivity contribution in [2.45, 2.75) is 71.8 Å². The number of hydrogen-bond donors (Lipinski definition) is 1. The molecule has 0 aromatic rings. The fraction of sp³-hybridized carbons (Fsp3) is 1.00. The van der Waals surface area contributed by atoms with E-state index in [1.807, 2.05) is 0 Å². The van der Waals surface area contributed by atoms with Gasteiger partial charge >= 0.3 is 0 Å². The molecule has 2 rings (SSSR count). The molecule has 2 fully saturated rings. The number of rotatable bonds is 4. The standard InChI is InChI=1S/C15H29N/c1-4-12-6-5-7-14(9-8-12)16-11-13-10-15(13,2)3/h12-14,16H,4-11H2,1-3H3. The Hall–Kier alpha value is -0.0400. The molecule has 2 aliphatic rings. The lowest BCUT2D eigenvalue weighted by molar-refractivity contribution is 0.410. The summed E-state index contributed by atoms with van der Waals surface area (Å²) in [5.74, 6) is 1.97. The fourth-order valence-electron chi connectivity index (χ4n) is 3.22. The molecule has 3 atom stereocenters. The van der Waals surface area contributed by atoms with E-state index in [0.717, 1.165) is 17.9 Å². The van der Waals surface area contributed by atoms with E-state index in [2.05, 4.69) is 26.1 Å². The Balaban J connectivity index is 1.66. The Labute approximate surface area is 101 Å². The Bertz CT molecular complexity index is 221. The summed E-state index contributed by atoms with van der Waals surface area (Å²) in [6.07, 6.45) is 10.1. The molecule has 0 spiro atoms. The van der Waals surface area contributed by atoms with Crippen LogP contribution in [0, 0.1) is 17.3 Å². The Morgan fingerprint density at radius 2 is 1.88 bits per heavy atom. The van der Waals surface area contributed by atoms with Crippen LogP contribution in [0.4, 0.5) is 0 Å². The van der Waals surface area contributed by atoms with E-state index >= 15 is 0 Å². The topological polar surface area (TPSA) is 12.0 Å². The third-order valence-corrected chi connectivity index (χ3v) is 5.04. The molecule has 1 N–H and O–H groups in total. The van der Waals surface area contributed by atoms with Gasteiger partial charge in [0.2, 0.25) is 0 Å². The average Bonchev–Trinajstić information content (AvgIpc) is 2.92. The molecular weight excluding hydrogens is 194 g/mol. The molecule has 0 aromatic carbocycles. The van der Waals surface area contributed by atoms with E-state index in [1.165, 1.54) is 51.5 Å². The Morgan fingerprint density at radius 3 is 2.50 bits per heavy atom. The molecule has 2 saturated carbocycles. The maximum atomic E-state index is 3.82. The molecule has 16 heavy (non-hydrogen) atoms. The third-order valence-electron chi connectivity index (χ3n) is 5.04. The van der Waals surface area contributed by atoms with Gasteiger partial charge in [0.1, 0.15) is 0 Å². The summed E-state index contributed by atoms with van der Waals surface area (Å²) in [6, 6.07) is 0.827. The van der Waals surface area contributed by atoms with Crippen molar-refractivity contribution in [1.29, 1.82) is 0 Å². The van der Waals surface area contributed by atoms with Crippen LogP contribution in [-0.4, -0.2) is 12.6 Å². The highest BCUT2D eigenvalue weighted by Crippen LogP contribution is 2.51. The minimum Gasteiger partial charge on any atom is -0.314 e. The quantitative estimate of drug-likeness (QED) is 0.711. The smallest absolute Gasteiger partial charge is 0.00672 e. The molecule has 1 nitrogen and oxygen atoms in total. The maximum absolute atomic E-state index is 3.82. The van der Waals surface area contributed by atoms with Gasteiger partial charge in [-0.3, -0.25) is 0 Å². The van der Waals surface area contributed by atoms with E-state index in [9.17, 15) is 0 Å². The predicted octanol–water partition coefficient (Wildman–Crippen LogP) is 3.98. The zero-order valence-corrected chi connectivity index (χ0v) is 11.4. The highest BCUT2D eigenvalue weighted by molar-refractivity contribution is 4.96. The Morgan fingerprint density at radius 1 is 1.12 bits per heavy atom. The van der Waals surface area contributed by atoms with Gasteiger partial charge in [-0.25, -0.2) is 0 Å². The molecule has 94 valence electrons. The lowest BCUT2D eigenvalue weighted by Crippen LogP contribution is -2.31. The van der Waals surface area contributed by atoms with Crippen molar-refractivity contribution in [2.24, 2.45) is 17.3 Å². The molecule has 0 bridgehead atoms. The number of hydrogen-bond acceptors (Lipinski definition) is 1. The lowest BCUT2D eigenvalue weighted by atomic mass is 9.98. The van der Waals surface area contributed by atoms with E-state index in [1.54, 1.807) is 0 Å². The van der Waals surface area contributed by atoms with Crippen LogP contribution in [0.15, 0.2) is 0 Å². The molecule has 0 amide bonds. The van der Waals surface area contributed by atoms with Crippen LogP contribution in [0.25, 0.3) is 0 Å². The SMILES string of the molecule is CCC1CCCC(NCC2CC2(C)C)CC1. The van der Waals surface area contributed by atoms with Crippen molar-refractivity contribution in [3.8, 4) is 0 Å². The van der Waals surface area contributed by atoms with Crippen LogP contribution in [0.1, 0.15) is 65.7 Å². The van der Waals surface area contributed by atoms with E-state index in [0.29, 0.717) is 5.41 Å². The molecule has 0 aromatic heterocycles. The molecule has 0 heterocycles. The monoisotopic (exact) mass is 223 g/mol. The largest absolute Gasteiger partial charge is 0.314 e. The first-order valence-electron chi connectivity index (χ1n) is 7.35. The first-order chi connectivity index (χ1) is 7.62. The molecule has 2 aliphatic carbocycles. The van der Waals surface area contributed by atoms with Gasteiger partial charge in [0.25, 0.3) is 0 Å². The third kappa shape index (κ3) is 3.23. The summed E-state index contributed by atoms with van der Waals surface area (Å²) in [5, 5.41) is 3.82. The zero-order valence-electron chi connectivity index (χ0n) is 11.4. The van der Waals surface area contributed by atoms with Crippen molar-refractivity contribution in [2.75, 3.05) is 6.54 Å². The highest BCUT2D eigenvalue weighted by Gasteiger charge is 2.45. The molecule has 0 saturated heterocycles. The van der Waals surface area contributed by atoms with Crippen LogP contribution in [0.5, 0.6) is 0 Å². The van der Waals surface area contributed by atoms with Crippen LogP contribution < -0.4 is 5.32 Å². The summed E-state index contributed by atoms with van der Waals surface area (Å²) in [5.41, 5.74) is 0.643. The first-order valence-corrected chi connectivity index (χ1v) is 7.35. The van der Waals surface area contributed by atoms with Crippen molar-refractivity contribution < 1.29 is 0 Å². The van der Waals surface area contributed by atoms with Crippen LogP contribution in [0.2, 0.25) is 0 Å². The van der Waals surface area contributed by atoms with Crippen molar-refractivity contribution in [3.05, 3.63) is 0 Å². The lowest BCUT2D eigenvalue weighted by Gasteiger charge is -2.17. The molecule has 0 aliphatic heterocycles. The van der Waals surface area contributed by atoms with Gasteiger partial charge < -0.3 is 5.32 Å². The second-order valence-electron chi connectivity index (χ2n) is 6.78. The van der Waals surface area contributed by atoms with E-state index in [4.69, 9.17) is 0 Å². The van der Waals surface area contributed by atoms with Gasteiger partial charge in [-0.2, -0.15) is 0 Å². The van der Waals surface area contributed by atoms with E-state index < -0.39 is 0 Å². The zero-order chi connectivity index (χ0) is 11.6. The second kappa shape index (κ2) is 5.08. The maximum Gasteiger partial charge on any atom is 0.00672 e. The van der Waals surface area contributed by atoms with Crippen molar-refractivity contribution in [1.82, 2.24) is 5.32 Å². The molecule has 3 unspecified atom stereocenters. The Kier molecular flexibility index (Phi) is 3.94.